The van der Waals surface area contributed by atoms with Crippen LogP contribution >= 0.6 is 23.2 Å². The minimum absolute atomic E-state index is 0.0474. The van der Waals surface area contributed by atoms with Gasteiger partial charge in [-0.2, -0.15) is 0 Å². The molecule has 4 rings (SSSR count). The van der Waals surface area contributed by atoms with Crippen molar-refractivity contribution in [3.63, 3.8) is 0 Å². The maximum Gasteiger partial charge on any atom is 0.264 e. The molecule has 218 valence electrons. The fourth-order valence-electron chi connectivity index (χ4n) is 5.07. The number of nitrogens with zero attached hydrogens (tertiary/aromatic N) is 2. The third-order valence-corrected chi connectivity index (χ3v) is 9.61. The van der Waals surface area contributed by atoms with Gasteiger partial charge in [0.2, 0.25) is 11.8 Å². The molecule has 10 heteroatoms. The molecule has 0 aliphatic heterocycles. The van der Waals surface area contributed by atoms with Gasteiger partial charge in [0.25, 0.3) is 10.0 Å². The predicted octanol–water partition coefficient (Wildman–Crippen LogP) is 6.36. The Hall–Kier alpha value is -3.07. The number of rotatable bonds is 11. The molecule has 0 bridgehead atoms. The van der Waals surface area contributed by atoms with E-state index in [0.717, 1.165) is 41.1 Å². The number of carbonyl (C=O) groups is 2. The number of hydrogen-bond acceptors (Lipinski definition) is 4. The summed E-state index contributed by atoms with van der Waals surface area (Å²) in [5, 5.41) is 3.99. The first-order valence-corrected chi connectivity index (χ1v) is 16.0. The van der Waals surface area contributed by atoms with E-state index < -0.39 is 28.5 Å². The molecule has 41 heavy (non-hydrogen) atoms. The molecule has 1 unspecified atom stereocenters. The molecule has 0 spiro atoms. The van der Waals surface area contributed by atoms with Crippen LogP contribution in [-0.2, 0) is 26.2 Å². The Kier molecular flexibility index (Phi) is 10.3. The van der Waals surface area contributed by atoms with Crippen LogP contribution in [0.15, 0.2) is 77.7 Å². The zero-order valence-corrected chi connectivity index (χ0v) is 25.6. The van der Waals surface area contributed by atoms with E-state index in [-0.39, 0.29) is 29.1 Å². The number of amides is 2. The van der Waals surface area contributed by atoms with Crippen molar-refractivity contribution in [1.82, 2.24) is 10.2 Å². The maximum absolute atomic E-state index is 14.1. The number of nitrogens with one attached hydrogen (secondary N) is 1. The van der Waals surface area contributed by atoms with Crippen LogP contribution in [0.2, 0.25) is 10.0 Å². The van der Waals surface area contributed by atoms with Crippen molar-refractivity contribution < 1.29 is 18.0 Å². The van der Waals surface area contributed by atoms with Crippen LogP contribution in [0, 0.1) is 6.92 Å². The van der Waals surface area contributed by atoms with Crippen LogP contribution in [0.3, 0.4) is 0 Å². The summed E-state index contributed by atoms with van der Waals surface area (Å²) in [6.07, 6.45) is 4.29. The molecule has 1 saturated carbocycles. The topological polar surface area (TPSA) is 86.8 Å². The van der Waals surface area contributed by atoms with Crippen LogP contribution in [0.25, 0.3) is 0 Å². The fraction of sp³-hybridized carbons (Fsp3) is 0.355. The average molecular weight is 617 g/mol. The number of sulfonamides is 1. The van der Waals surface area contributed by atoms with Gasteiger partial charge in [0, 0.05) is 22.6 Å². The number of anilines is 1. The highest BCUT2D eigenvalue weighted by molar-refractivity contribution is 7.92. The number of benzene rings is 3. The number of aryl methyl sites for hydroxylation is 1. The molecule has 1 aliphatic carbocycles. The Labute approximate surface area is 252 Å². The zero-order valence-electron chi connectivity index (χ0n) is 23.2. The van der Waals surface area contributed by atoms with E-state index in [9.17, 15) is 18.0 Å². The first-order valence-electron chi connectivity index (χ1n) is 13.8. The van der Waals surface area contributed by atoms with Crippen molar-refractivity contribution in [2.24, 2.45) is 0 Å². The SMILES string of the molecule is CCC(C(=O)NC1CCCC1)N(Cc1ccc(Cl)cc1)C(=O)CN(c1cccc(Cl)c1)S(=O)(=O)c1ccc(C)cc1. The number of hydrogen-bond donors (Lipinski definition) is 1. The fourth-order valence-corrected chi connectivity index (χ4v) is 6.79. The van der Waals surface area contributed by atoms with E-state index in [1.54, 1.807) is 54.6 Å². The number of carbonyl (C=O) groups excluding carboxylic acids is 2. The second-order valence-electron chi connectivity index (χ2n) is 10.4. The van der Waals surface area contributed by atoms with Gasteiger partial charge < -0.3 is 10.2 Å². The second kappa shape index (κ2) is 13.7. The molecule has 7 nitrogen and oxygen atoms in total. The number of halogens is 2. The van der Waals surface area contributed by atoms with E-state index in [0.29, 0.717) is 16.5 Å². The summed E-state index contributed by atoms with van der Waals surface area (Å²) in [7, 11) is -4.16. The van der Waals surface area contributed by atoms with Crippen molar-refractivity contribution in [3.8, 4) is 0 Å². The highest BCUT2D eigenvalue weighted by atomic mass is 35.5. The zero-order chi connectivity index (χ0) is 29.6. The van der Waals surface area contributed by atoms with Gasteiger partial charge in [-0.15, -0.1) is 0 Å². The van der Waals surface area contributed by atoms with Crippen LogP contribution in [-0.4, -0.2) is 43.8 Å². The molecular formula is C31H35Cl2N3O4S. The maximum atomic E-state index is 14.1. The van der Waals surface area contributed by atoms with Gasteiger partial charge >= 0.3 is 0 Å². The summed E-state index contributed by atoms with van der Waals surface area (Å²) < 4.78 is 28.9. The Bertz CT molecular complexity index is 1460. The highest BCUT2D eigenvalue weighted by Crippen LogP contribution is 2.27. The Morgan fingerprint density at radius 2 is 1.61 bits per heavy atom. The smallest absolute Gasteiger partial charge is 0.264 e. The third-order valence-electron chi connectivity index (χ3n) is 7.34. The molecule has 0 radical (unpaired) electrons. The summed E-state index contributed by atoms with van der Waals surface area (Å²) in [6.45, 7) is 3.31. The van der Waals surface area contributed by atoms with Crippen molar-refractivity contribution in [1.29, 1.82) is 0 Å². The molecule has 1 N–H and O–H groups in total. The summed E-state index contributed by atoms with van der Waals surface area (Å²) in [5.74, 6) is -0.749. The van der Waals surface area contributed by atoms with Gasteiger partial charge in [-0.3, -0.25) is 13.9 Å². The molecule has 0 aromatic heterocycles. The Balaban J connectivity index is 1.71. The van der Waals surface area contributed by atoms with Gasteiger partial charge in [-0.05, 0) is 74.2 Å². The minimum atomic E-state index is -4.16. The van der Waals surface area contributed by atoms with Gasteiger partial charge in [0.15, 0.2) is 0 Å². The molecular weight excluding hydrogens is 581 g/mol. The van der Waals surface area contributed by atoms with Crippen molar-refractivity contribution in [2.75, 3.05) is 10.8 Å². The largest absolute Gasteiger partial charge is 0.352 e. The molecule has 2 amide bonds. The molecule has 1 fully saturated rings. The van der Waals surface area contributed by atoms with Gasteiger partial charge in [-0.25, -0.2) is 8.42 Å². The molecule has 1 atom stereocenters. The van der Waals surface area contributed by atoms with Gasteiger partial charge in [0.05, 0.1) is 10.6 Å². The van der Waals surface area contributed by atoms with Crippen LogP contribution in [0.5, 0.6) is 0 Å². The normalized spacial score (nSPS) is 14.4. The summed E-state index contributed by atoms with van der Waals surface area (Å²) >= 11 is 12.3. The lowest BCUT2D eigenvalue weighted by Crippen LogP contribution is -2.53. The monoisotopic (exact) mass is 615 g/mol. The van der Waals surface area contributed by atoms with Crippen molar-refractivity contribution in [2.45, 2.75) is 69.5 Å². The lowest BCUT2D eigenvalue weighted by Gasteiger charge is -2.33. The van der Waals surface area contributed by atoms with E-state index in [2.05, 4.69) is 5.32 Å². The molecule has 3 aromatic carbocycles. The minimum Gasteiger partial charge on any atom is -0.352 e. The molecule has 3 aromatic rings. The average Bonchev–Trinajstić information content (AvgIpc) is 3.45. The van der Waals surface area contributed by atoms with Gasteiger partial charge in [-0.1, -0.05) is 78.9 Å². The Morgan fingerprint density at radius 1 is 0.951 bits per heavy atom. The van der Waals surface area contributed by atoms with E-state index in [1.807, 2.05) is 13.8 Å². The van der Waals surface area contributed by atoms with Crippen molar-refractivity contribution >= 4 is 50.7 Å². The summed E-state index contributed by atoms with van der Waals surface area (Å²) in [4.78, 5) is 29.1. The lowest BCUT2D eigenvalue weighted by molar-refractivity contribution is -0.140. The second-order valence-corrected chi connectivity index (χ2v) is 13.1. The third kappa shape index (κ3) is 7.82. The first kappa shape index (κ1) is 30.9. The van der Waals surface area contributed by atoms with Crippen LogP contribution in [0.1, 0.15) is 50.2 Å². The van der Waals surface area contributed by atoms with E-state index in [1.165, 1.54) is 23.1 Å². The molecule has 0 saturated heterocycles. The lowest BCUT2D eigenvalue weighted by atomic mass is 10.1. The van der Waals surface area contributed by atoms with Crippen LogP contribution in [0.4, 0.5) is 5.69 Å². The van der Waals surface area contributed by atoms with E-state index in [4.69, 9.17) is 23.2 Å². The molecule has 0 heterocycles. The highest BCUT2D eigenvalue weighted by Gasteiger charge is 2.34. The quantitative estimate of drug-likeness (QED) is 0.272. The standard InChI is InChI=1S/C31H35Cl2N3O4S/c1-3-29(31(38)34-26-8-4-5-9-26)35(20-23-13-15-24(32)16-14-23)30(37)21-36(27-10-6-7-25(33)19-27)41(39,40)28-17-11-22(2)12-18-28/h6-7,10-19,26,29H,3-5,8-9,20-21H2,1-2H3,(H,34,38). The molecule has 1 aliphatic rings. The van der Waals surface area contributed by atoms with E-state index >= 15 is 0 Å². The summed E-state index contributed by atoms with van der Waals surface area (Å²) in [5.41, 5.74) is 1.93. The van der Waals surface area contributed by atoms with Crippen molar-refractivity contribution in [3.05, 3.63) is 94.0 Å². The summed E-state index contributed by atoms with van der Waals surface area (Å²) in [6, 6.07) is 19.1. The van der Waals surface area contributed by atoms with Gasteiger partial charge in [0.1, 0.15) is 12.6 Å². The Morgan fingerprint density at radius 3 is 2.22 bits per heavy atom. The first-order chi connectivity index (χ1) is 19.6. The predicted molar refractivity (Wildman–Crippen MR) is 164 cm³/mol. The van der Waals surface area contributed by atoms with Crippen LogP contribution < -0.4 is 9.62 Å².